The molecule has 0 bridgehead atoms. The van der Waals surface area contributed by atoms with Crippen LogP contribution in [0.3, 0.4) is 0 Å². The van der Waals surface area contributed by atoms with Crippen LogP contribution in [-0.4, -0.2) is 23.7 Å². The van der Waals surface area contributed by atoms with Crippen LogP contribution in [0.5, 0.6) is 11.5 Å². The number of aliphatic hydroxyl groups is 1. The average Bonchev–Trinajstić information content (AvgIpc) is 2.36. The average molecular weight is 267 g/mol. The van der Waals surface area contributed by atoms with E-state index in [4.69, 9.17) is 14.6 Å². The molecule has 6 heteroatoms. The fourth-order valence-corrected chi connectivity index (χ4v) is 2.03. The van der Waals surface area contributed by atoms with Gasteiger partial charge in [-0.3, -0.25) is 10.1 Å². The van der Waals surface area contributed by atoms with Gasteiger partial charge in [-0.2, -0.15) is 0 Å². The van der Waals surface area contributed by atoms with Gasteiger partial charge in [0.2, 0.25) is 0 Å². The molecule has 2 rings (SSSR count). The summed E-state index contributed by atoms with van der Waals surface area (Å²) in [6.07, 6.45) is 3.49. The van der Waals surface area contributed by atoms with Gasteiger partial charge in [0.1, 0.15) is 0 Å². The first kappa shape index (κ1) is 13.6. The molecule has 1 aliphatic carbocycles. The summed E-state index contributed by atoms with van der Waals surface area (Å²) in [5.41, 5.74) is 0.0738. The van der Waals surface area contributed by atoms with E-state index in [0.717, 1.165) is 12.8 Å². The highest BCUT2D eigenvalue weighted by molar-refractivity contribution is 5.54. The van der Waals surface area contributed by atoms with Crippen LogP contribution in [0.4, 0.5) is 5.69 Å². The molecule has 0 amide bonds. The maximum Gasteiger partial charge on any atom is 0.278 e. The number of hydrogen-bond donors (Lipinski definition) is 1. The molecule has 0 spiro atoms. The van der Waals surface area contributed by atoms with E-state index < -0.39 is 11.5 Å². The number of rotatable bonds is 6. The zero-order valence-corrected chi connectivity index (χ0v) is 10.8. The van der Waals surface area contributed by atoms with Gasteiger partial charge in [0, 0.05) is 0 Å². The Hall–Kier alpha value is -1.82. The van der Waals surface area contributed by atoms with Gasteiger partial charge in [0.15, 0.2) is 11.5 Å². The highest BCUT2D eigenvalue weighted by atomic mass is 16.6. The zero-order valence-electron chi connectivity index (χ0n) is 10.8. The summed E-state index contributed by atoms with van der Waals surface area (Å²) in [6.45, 7) is 0.140. The van der Waals surface area contributed by atoms with E-state index in [1.54, 1.807) is 0 Å². The third-order valence-corrected chi connectivity index (χ3v) is 3.43. The number of ether oxygens (including phenoxy) is 2. The second-order valence-corrected chi connectivity index (χ2v) is 4.65. The smallest absolute Gasteiger partial charge is 0.278 e. The van der Waals surface area contributed by atoms with E-state index in [-0.39, 0.29) is 11.3 Å². The van der Waals surface area contributed by atoms with Gasteiger partial charge in [-0.25, -0.2) is 0 Å². The third-order valence-electron chi connectivity index (χ3n) is 3.43. The quantitative estimate of drug-likeness (QED) is 0.631. The van der Waals surface area contributed by atoms with Gasteiger partial charge in [-0.05, 0) is 24.8 Å². The highest BCUT2D eigenvalue weighted by Crippen LogP contribution is 2.36. The largest absolute Gasteiger partial charge is 0.493 e. The number of nitrogens with zero attached hydrogens (tertiary/aromatic N) is 1. The van der Waals surface area contributed by atoms with Crippen LogP contribution in [0.1, 0.15) is 24.8 Å². The van der Waals surface area contributed by atoms with Gasteiger partial charge >= 0.3 is 0 Å². The lowest BCUT2D eigenvalue weighted by atomic mass is 9.86. The van der Waals surface area contributed by atoms with E-state index in [1.807, 2.05) is 0 Å². The van der Waals surface area contributed by atoms with Gasteiger partial charge in [-0.15, -0.1) is 0 Å². The maximum atomic E-state index is 10.9. The van der Waals surface area contributed by atoms with E-state index in [0.29, 0.717) is 24.0 Å². The minimum atomic E-state index is -0.527. The number of benzene rings is 1. The molecule has 0 unspecified atom stereocenters. The first-order valence-electron chi connectivity index (χ1n) is 6.24. The van der Waals surface area contributed by atoms with Gasteiger partial charge in [0.25, 0.3) is 5.69 Å². The first-order valence-corrected chi connectivity index (χ1v) is 6.24. The Morgan fingerprint density at radius 3 is 2.63 bits per heavy atom. The molecule has 0 aromatic heterocycles. The van der Waals surface area contributed by atoms with Crippen molar-refractivity contribution in [2.45, 2.75) is 25.9 Å². The van der Waals surface area contributed by atoms with E-state index in [9.17, 15) is 10.1 Å². The van der Waals surface area contributed by atoms with Crippen molar-refractivity contribution in [3.63, 3.8) is 0 Å². The van der Waals surface area contributed by atoms with Crippen LogP contribution in [0.2, 0.25) is 0 Å². The summed E-state index contributed by atoms with van der Waals surface area (Å²) < 4.78 is 10.8. The SMILES string of the molecule is COc1cc(CO)c([N+](=O)[O-])cc1OCC1CCC1. The van der Waals surface area contributed by atoms with Crippen molar-refractivity contribution in [2.75, 3.05) is 13.7 Å². The normalized spacial score (nSPS) is 14.8. The first-order chi connectivity index (χ1) is 9.15. The van der Waals surface area contributed by atoms with Crippen molar-refractivity contribution in [3.8, 4) is 11.5 Å². The molecule has 1 N–H and O–H groups in total. The molecule has 1 saturated carbocycles. The van der Waals surface area contributed by atoms with Crippen LogP contribution in [-0.2, 0) is 6.61 Å². The summed E-state index contributed by atoms with van der Waals surface area (Å²) in [7, 11) is 1.47. The van der Waals surface area contributed by atoms with E-state index in [1.165, 1.54) is 25.7 Å². The molecule has 0 radical (unpaired) electrons. The lowest BCUT2D eigenvalue weighted by molar-refractivity contribution is -0.385. The van der Waals surface area contributed by atoms with Crippen LogP contribution in [0.15, 0.2) is 12.1 Å². The van der Waals surface area contributed by atoms with Crippen LogP contribution < -0.4 is 9.47 Å². The van der Waals surface area contributed by atoms with Crippen LogP contribution in [0.25, 0.3) is 0 Å². The van der Waals surface area contributed by atoms with Crippen molar-refractivity contribution in [1.29, 1.82) is 0 Å². The second-order valence-electron chi connectivity index (χ2n) is 4.65. The van der Waals surface area contributed by atoms with Gasteiger partial charge in [-0.1, -0.05) is 6.42 Å². The van der Waals surface area contributed by atoms with E-state index in [2.05, 4.69) is 0 Å². The summed E-state index contributed by atoms with van der Waals surface area (Å²) in [4.78, 5) is 10.4. The fourth-order valence-electron chi connectivity index (χ4n) is 2.03. The number of hydrogen-bond acceptors (Lipinski definition) is 5. The number of nitro benzene ring substituents is 1. The summed E-state index contributed by atoms with van der Waals surface area (Å²) >= 11 is 0. The van der Waals surface area contributed by atoms with Crippen molar-refractivity contribution >= 4 is 5.69 Å². The Kier molecular flexibility index (Phi) is 4.21. The highest BCUT2D eigenvalue weighted by Gasteiger charge is 2.22. The predicted octanol–water partition coefficient (Wildman–Crippen LogP) is 2.27. The fraction of sp³-hybridized carbons (Fsp3) is 0.538. The Morgan fingerprint density at radius 1 is 1.42 bits per heavy atom. The molecular weight excluding hydrogens is 250 g/mol. The Labute approximate surface area is 111 Å². The summed E-state index contributed by atoms with van der Waals surface area (Å²) in [6, 6.07) is 2.78. The van der Waals surface area contributed by atoms with Gasteiger partial charge in [0.05, 0.1) is 36.9 Å². The number of methoxy groups -OCH3 is 1. The molecular formula is C13H17NO5. The molecule has 1 aromatic carbocycles. The topological polar surface area (TPSA) is 81.8 Å². The second kappa shape index (κ2) is 5.88. The monoisotopic (exact) mass is 267 g/mol. The Bertz CT molecular complexity index is 470. The summed E-state index contributed by atoms with van der Waals surface area (Å²) in [5.74, 6) is 1.30. The molecule has 0 aliphatic heterocycles. The van der Waals surface area contributed by atoms with Crippen molar-refractivity contribution in [3.05, 3.63) is 27.8 Å². The molecule has 0 heterocycles. The van der Waals surface area contributed by atoms with Crippen molar-refractivity contribution in [2.24, 2.45) is 5.92 Å². The molecule has 19 heavy (non-hydrogen) atoms. The van der Waals surface area contributed by atoms with Crippen LogP contribution >= 0.6 is 0 Å². The molecule has 6 nitrogen and oxygen atoms in total. The number of nitro groups is 1. The molecule has 1 aromatic rings. The molecule has 104 valence electrons. The van der Waals surface area contributed by atoms with Crippen molar-refractivity contribution < 1.29 is 19.5 Å². The molecule has 0 saturated heterocycles. The lowest BCUT2D eigenvalue weighted by Crippen LogP contribution is -2.19. The minimum absolute atomic E-state index is 0.146. The zero-order chi connectivity index (χ0) is 13.8. The van der Waals surface area contributed by atoms with Gasteiger partial charge < -0.3 is 14.6 Å². The standard InChI is InChI=1S/C13H17NO5/c1-18-12-5-10(7-15)11(14(16)17)6-13(12)19-8-9-3-2-4-9/h5-6,9,15H,2-4,7-8H2,1H3. The molecule has 1 aliphatic rings. The van der Waals surface area contributed by atoms with Crippen LogP contribution in [0, 0.1) is 16.0 Å². The number of aliphatic hydroxyl groups excluding tert-OH is 1. The van der Waals surface area contributed by atoms with E-state index >= 15 is 0 Å². The Morgan fingerprint density at radius 2 is 2.16 bits per heavy atom. The summed E-state index contributed by atoms with van der Waals surface area (Å²) in [5, 5.41) is 20.1. The minimum Gasteiger partial charge on any atom is -0.493 e. The maximum absolute atomic E-state index is 10.9. The molecule has 1 fully saturated rings. The third kappa shape index (κ3) is 2.96. The predicted molar refractivity (Wildman–Crippen MR) is 68.4 cm³/mol. The van der Waals surface area contributed by atoms with Crippen molar-refractivity contribution in [1.82, 2.24) is 0 Å². The Balaban J connectivity index is 2.23. The molecule has 0 atom stereocenters. The lowest BCUT2D eigenvalue weighted by Gasteiger charge is -2.25.